The average molecular weight is 470 g/mol. The first-order valence-corrected chi connectivity index (χ1v) is 12.6. The first-order valence-electron chi connectivity index (χ1n) is 10.8. The molecule has 0 saturated carbocycles. The number of hydrogen-bond acceptors (Lipinski definition) is 4. The topological polar surface area (TPSA) is 78.5 Å². The van der Waals surface area contributed by atoms with E-state index < -0.39 is 16.1 Å². The molecule has 1 atom stereocenters. The molecule has 0 aromatic heterocycles. The van der Waals surface area contributed by atoms with Gasteiger partial charge in [0.05, 0.1) is 4.90 Å². The number of aryl methyl sites for hydroxylation is 1. The first-order chi connectivity index (χ1) is 15.4. The third kappa shape index (κ3) is 4.13. The minimum absolute atomic E-state index is 0.134. The van der Waals surface area contributed by atoms with Crippen molar-refractivity contribution in [3.05, 3.63) is 70.7 Å². The second kappa shape index (κ2) is 8.48. The maximum Gasteiger partial charge on any atom is 0.245 e. The molecule has 3 aromatic carbocycles. The van der Waals surface area contributed by atoms with Gasteiger partial charge in [-0.3, -0.25) is 4.79 Å². The summed E-state index contributed by atoms with van der Waals surface area (Å²) in [4.78, 5) is 14.9. The summed E-state index contributed by atoms with van der Waals surface area (Å²) in [7, 11) is -3.84. The lowest BCUT2D eigenvalue weighted by Gasteiger charge is -2.19. The van der Waals surface area contributed by atoms with Crippen molar-refractivity contribution in [1.82, 2.24) is 10.0 Å². The van der Waals surface area contributed by atoms with Gasteiger partial charge in [0.15, 0.2) is 0 Å². The van der Waals surface area contributed by atoms with Crippen LogP contribution in [0.4, 0.5) is 5.69 Å². The molecule has 2 aliphatic heterocycles. The standard InChI is InChI=1S/C24H24ClN3O3S/c25-20-6-3-18-14-22(8-5-17(18)12-20)32(30,31)27-23-9-11-28(24(23)29)21-7-4-16-2-1-10-26-15-19(16)13-21/h3-8,12-14,23,26-27H,1-2,9-11,15H2/t23-/m0/s1. The van der Waals surface area contributed by atoms with Crippen molar-refractivity contribution < 1.29 is 13.2 Å². The van der Waals surface area contributed by atoms with Gasteiger partial charge in [-0.2, -0.15) is 4.72 Å². The Morgan fingerprint density at radius 2 is 1.81 bits per heavy atom. The highest BCUT2D eigenvalue weighted by molar-refractivity contribution is 7.89. The van der Waals surface area contributed by atoms with E-state index in [1.807, 2.05) is 6.07 Å². The Morgan fingerprint density at radius 1 is 1.00 bits per heavy atom. The van der Waals surface area contributed by atoms with Crippen molar-refractivity contribution in [1.29, 1.82) is 0 Å². The Morgan fingerprint density at radius 3 is 2.69 bits per heavy atom. The minimum atomic E-state index is -3.84. The van der Waals surface area contributed by atoms with Crippen LogP contribution in [0, 0.1) is 0 Å². The van der Waals surface area contributed by atoms with Crippen LogP contribution in [-0.4, -0.2) is 33.5 Å². The fraction of sp³-hybridized carbons (Fsp3) is 0.292. The highest BCUT2D eigenvalue weighted by atomic mass is 35.5. The number of carbonyl (C=O) groups is 1. The Bertz CT molecular complexity index is 1310. The van der Waals surface area contributed by atoms with E-state index in [4.69, 9.17) is 11.6 Å². The number of benzene rings is 3. The number of fused-ring (bicyclic) bond motifs is 2. The van der Waals surface area contributed by atoms with Crippen molar-refractivity contribution in [2.75, 3.05) is 18.0 Å². The Balaban J connectivity index is 1.35. The van der Waals surface area contributed by atoms with E-state index in [0.29, 0.717) is 18.0 Å². The molecule has 2 aliphatic rings. The molecule has 1 saturated heterocycles. The predicted molar refractivity (Wildman–Crippen MR) is 127 cm³/mol. The zero-order valence-corrected chi connectivity index (χ0v) is 19.0. The van der Waals surface area contributed by atoms with E-state index in [-0.39, 0.29) is 10.8 Å². The summed E-state index contributed by atoms with van der Waals surface area (Å²) in [5.74, 6) is -0.220. The van der Waals surface area contributed by atoms with Crippen LogP contribution in [0.3, 0.4) is 0 Å². The molecule has 0 aliphatic carbocycles. The zero-order valence-electron chi connectivity index (χ0n) is 17.5. The molecule has 32 heavy (non-hydrogen) atoms. The van der Waals surface area contributed by atoms with Gasteiger partial charge in [0.25, 0.3) is 0 Å². The molecule has 166 valence electrons. The second-order valence-corrected chi connectivity index (χ2v) is 10.5. The van der Waals surface area contributed by atoms with Gasteiger partial charge in [0, 0.05) is 23.8 Å². The lowest BCUT2D eigenvalue weighted by molar-refractivity contribution is -0.118. The molecular formula is C24H24ClN3O3S. The molecule has 8 heteroatoms. The van der Waals surface area contributed by atoms with Gasteiger partial charge >= 0.3 is 0 Å². The van der Waals surface area contributed by atoms with Crippen molar-refractivity contribution in [3.63, 3.8) is 0 Å². The minimum Gasteiger partial charge on any atom is -0.313 e. The highest BCUT2D eigenvalue weighted by Crippen LogP contribution is 2.27. The summed E-state index contributed by atoms with van der Waals surface area (Å²) < 4.78 is 28.6. The number of rotatable bonds is 4. The molecular weight excluding hydrogens is 446 g/mol. The van der Waals surface area contributed by atoms with Crippen LogP contribution in [0.15, 0.2) is 59.5 Å². The van der Waals surface area contributed by atoms with E-state index in [1.54, 1.807) is 35.2 Å². The number of sulfonamides is 1. The van der Waals surface area contributed by atoms with Crippen LogP contribution in [0.1, 0.15) is 24.0 Å². The number of nitrogens with one attached hydrogen (secondary N) is 2. The summed E-state index contributed by atoms with van der Waals surface area (Å²) in [6.45, 7) is 2.25. The molecule has 5 rings (SSSR count). The van der Waals surface area contributed by atoms with Gasteiger partial charge in [-0.15, -0.1) is 0 Å². The number of amides is 1. The molecule has 0 bridgehead atoms. The number of hydrogen-bond donors (Lipinski definition) is 2. The highest BCUT2D eigenvalue weighted by Gasteiger charge is 2.36. The Kier molecular flexibility index (Phi) is 5.67. The summed E-state index contributed by atoms with van der Waals surface area (Å²) in [6, 6.07) is 15.5. The van der Waals surface area contributed by atoms with Gasteiger partial charge in [0.2, 0.25) is 15.9 Å². The van der Waals surface area contributed by atoms with Gasteiger partial charge < -0.3 is 10.2 Å². The van der Waals surface area contributed by atoms with Gasteiger partial charge in [-0.25, -0.2) is 8.42 Å². The third-order valence-corrected chi connectivity index (χ3v) is 7.91. The molecule has 2 N–H and O–H groups in total. The molecule has 3 aromatic rings. The van der Waals surface area contributed by atoms with Crippen molar-refractivity contribution in [2.45, 2.75) is 36.7 Å². The van der Waals surface area contributed by atoms with Crippen molar-refractivity contribution in [3.8, 4) is 0 Å². The molecule has 0 radical (unpaired) electrons. The van der Waals surface area contributed by atoms with Gasteiger partial charge in [-0.1, -0.05) is 29.8 Å². The third-order valence-electron chi connectivity index (χ3n) is 6.20. The summed E-state index contributed by atoms with van der Waals surface area (Å²) >= 11 is 6.01. The fourth-order valence-electron chi connectivity index (χ4n) is 4.48. The number of carbonyl (C=O) groups excluding carboxylic acids is 1. The molecule has 1 amide bonds. The molecule has 0 spiro atoms. The molecule has 2 heterocycles. The van der Waals surface area contributed by atoms with Crippen LogP contribution >= 0.6 is 11.6 Å². The van der Waals surface area contributed by atoms with E-state index in [0.717, 1.165) is 42.4 Å². The van der Waals surface area contributed by atoms with Crippen LogP contribution < -0.4 is 14.9 Å². The van der Waals surface area contributed by atoms with Crippen molar-refractivity contribution >= 4 is 44.0 Å². The van der Waals surface area contributed by atoms with E-state index in [1.165, 1.54) is 17.2 Å². The maximum atomic E-state index is 13.1. The summed E-state index contributed by atoms with van der Waals surface area (Å²) in [5.41, 5.74) is 3.33. The smallest absolute Gasteiger partial charge is 0.245 e. The van der Waals surface area contributed by atoms with Crippen molar-refractivity contribution in [2.24, 2.45) is 0 Å². The number of nitrogens with zero attached hydrogens (tertiary/aromatic N) is 1. The van der Waals surface area contributed by atoms with Gasteiger partial charge in [0.1, 0.15) is 6.04 Å². The van der Waals surface area contributed by atoms with E-state index >= 15 is 0 Å². The van der Waals surface area contributed by atoms with E-state index in [9.17, 15) is 13.2 Å². The molecule has 0 unspecified atom stereocenters. The normalized spacial score (nSPS) is 19.2. The quantitative estimate of drug-likeness (QED) is 0.611. The summed E-state index contributed by atoms with van der Waals surface area (Å²) in [5, 5.41) is 5.63. The van der Waals surface area contributed by atoms with Crippen LogP contribution in [-0.2, 0) is 27.8 Å². The van der Waals surface area contributed by atoms with Crippen LogP contribution in [0.25, 0.3) is 10.8 Å². The predicted octanol–water partition coefficient (Wildman–Crippen LogP) is 3.61. The van der Waals surface area contributed by atoms with Crippen LogP contribution in [0.5, 0.6) is 0 Å². The first kappa shape index (κ1) is 21.4. The lowest BCUT2D eigenvalue weighted by Crippen LogP contribution is -2.41. The average Bonchev–Trinajstić information content (AvgIpc) is 2.98. The lowest BCUT2D eigenvalue weighted by atomic mass is 10.0. The van der Waals surface area contributed by atoms with Crippen LogP contribution in [0.2, 0.25) is 5.02 Å². The SMILES string of the molecule is O=C1[C@@H](NS(=O)(=O)c2ccc3cc(Cl)ccc3c2)CCN1c1ccc2c(c1)CNCCC2. The monoisotopic (exact) mass is 469 g/mol. The molecule has 6 nitrogen and oxygen atoms in total. The molecule has 1 fully saturated rings. The maximum absolute atomic E-state index is 13.1. The Hall–Kier alpha value is -2.45. The van der Waals surface area contributed by atoms with Gasteiger partial charge in [-0.05, 0) is 84.1 Å². The number of anilines is 1. The fourth-order valence-corrected chi connectivity index (χ4v) is 5.92. The van der Waals surface area contributed by atoms with E-state index in [2.05, 4.69) is 22.2 Å². The second-order valence-electron chi connectivity index (χ2n) is 8.34. The Labute approximate surface area is 192 Å². The summed E-state index contributed by atoms with van der Waals surface area (Å²) in [6.07, 6.45) is 2.55. The zero-order chi connectivity index (χ0) is 22.3. The number of halogens is 1. The largest absolute Gasteiger partial charge is 0.313 e.